The Bertz CT molecular complexity index is 616. The van der Waals surface area contributed by atoms with Crippen molar-refractivity contribution in [1.29, 1.82) is 0 Å². The lowest BCUT2D eigenvalue weighted by molar-refractivity contribution is -0.139. The number of carboxylic acid groups (broad SMARTS) is 1. The van der Waals surface area contributed by atoms with Crippen LogP contribution < -0.4 is 10.1 Å². The smallest absolute Gasteiger partial charge is 0.341 e. The van der Waals surface area contributed by atoms with E-state index < -0.39 is 12.6 Å². The van der Waals surface area contributed by atoms with Crippen LogP contribution in [0.2, 0.25) is 0 Å². The second-order valence-corrected chi connectivity index (χ2v) is 3.80. The SMILES string of the molecule is O=C(O)COc1cccc(NC(=O)c2ccnnc2)c1. The van der Waals surface area contributed by atoms with Gasteiger partial charge in [-0.15, -0.1) is 0 Å². The maximum atomic E-state index is 11.9. The van der Waals surface area contributed by atoms with Crippen molar-refractivity contribution in [2.45, 2.75) is 0 Å². The van der Waals surface area contributed by atoms with Crippen molar-refractivity contribution in [1.82, 2.24) is 10.2 Å². The third kappa shape index (κ3) is 3.77. The third-order valence-electron chi connectivity index (χ3n) is 2.30. The highest BCUT2D eigenvalue weighted by atomic mass is 16.5. The molecule has 1 amide bonds. The van der Waals surface area contributed by atoms with Crippen molar-refractivity contribution >= 4 is 17.6 Å². The molecule has 0 atom stereocenters. The van der Waals surface area contributed by atoms with Crippen LogP contribution in [0.1, 0.15) is 10.4 Å². The van der Waals surface area contributed by atoms with Crippen molar-refractivity contribution in [2.75, 3.05) is 11.9 Å². The van der Waals surface area contributed by atoms with Crippen molar-refractivity contribution in [3.63, 3.8) is 0 Å². The van der Waals surface area contributed by atoms with Gasteiger partial charge in [0.2, 0.25) is 0 Å². The molecule has 0 spiro atoms. The second kappa shape index (κ2) is 6.28. The number of benzene rings is 1. The molecule has 2 rings (SSSR count). The van der Waals surface area contributed by atoms with Crippen LogP contribution in [-0.4, -0.2) is 33.8 Å². The Balaban J connectivity index is 2.04. The number of ether oxygens (including phenoxy) is 1. The highest BCUT2D eigenvalue weighted by Gasteiger charge is 2.07. The van der Waals surface area contributed by atoms with Crippen LogP contribution in [0, 0.1) is 0 Å². The lowest BCUT2D eigenvalue weighted by Crippen LogP contribution is -2.13. The first-order valence-corrected chi connectivity index (χ1v) is 5.68. The van der Waals surface area contributed by atoms with Gasteiger partial charge in [0.1, 0.15) is 5.75 Å². The fourth-order valence-electron chi connectivity index (χ4n) is 1.44. The van der Waals surface area contributed by atoms with E-state index in [9.17, 15) is 9.59 Å². The van der Waals surface area contributed by atoms with Crippen molar-refractivity contribution < 1.29 is 19.4 Å². The topological polar surface area (TPSA) is 101 Å². The van der Waals surface area contributed by atoms with Crippen LogP contribution >= 0.6 is 0 Å². The van der Waals surface area contributed by atoms with Crippen molar-refractivity contribution in [3.05, 3.63) is 48.3 Å². The summed E-state index contributed by atoms with van der Waals surface area (Å²) in [5, 5.41) is 18.4. The number of carboxylic acids is 1. The highest BCUT2D eigenvalue weighted by Crippen LogP contribution is 2.17. The molecule has 0 unspecified atom stereocenters. The Morgan fingerprint density at radius 3 is 2.80 bits per heavy atom. The van der Waals surface area contributed by atoms with Gasteiger partial charge in [-0.05, 0) is 18.2 Å². The molecule has 7 nitrogen and oxygen atoms in total. The minimum absolute atomic E-state index is 0.338. The van der Waals surface area contributed by atoms with E-state index in [1.165, 1.54) is 24.5 Å². The number of nitrogens with zero attached hydrogens (tertiary/aromatic N) is 2. The molecule has 0 saturated carbocycles. The molecule has 7 heteroatoms. The average molecular weight is 273 g/mol. The molecular formula is C13H11N3O4. The van der Waals surface area contributed by atoms with Crippen molar-refractivity contribution in [3.8, 4) is 5.75 Å². The summed E-state index contributed by atoms with van der Waals surface area (Å²) >= 11 is 0. The maximum Gasteiger partial charge on any atom is 0.341 e. The van der Waals surface area contributed by atoms with Gasteiger partial charge in [0.15, 0.2) is 6.61 Å². The van der Waals surface area contributed by atoms with Gasteiger partial charge < -0.3 is 15.2 Å². The van der Waals surface area contributed by atoms with Crippen LogP contribution in [0.5, 0.6) is 5.75 Å². The summed E-state index contributed by atoms with van der Waals surface area (Å²) < 4.78 is 5.02. The standard InChI is InChI=1S/C13H11N3O4/c17-12(18)8-20-11-3-1-2-10(6-11)16-13(19)9-4-5-14-15-7-9/h1-7H,8H2,(H,16,19)(H,17,18). The van der Waals surface area contributed by atoms with E-state index in [0.717, 1.165) is 0 Å². The molecule has 1 heterocycles. The number of hydrogen-bond donors (Lipinski definition) is 2. The number of carbonyl (C=O) groups excluding carboxylic acids is 1. The zero-order valence-electron chi connectivity index (χ0n) is 10.3. The summed E-state index contributed by atoms with van der Waals surface area (Å²) in [7, 11) is 0. The zero-order valence-corrected chi connectivity index (χ0v) is 10.3. The van der Waals surface area contributed by atoms with E-state index in [0.29, 0.717) is 17.0 Å². The van der Waals surface area contributed by atoms with E-state index in [1.807, 2.05) is 0 Å². The molecule has 102 valence electrons. The van der Waals surface area contributed by atoms with E-state index in [1.54, 1.807) is 18.2 Å². The number of amides is 1. The van der Waals surface area contributed by atoms with Gasteiger partial charge in [0.25, 0.3) is 5.91 Å². The maximum absolute atomic E-state index is 11.9. The molecule has 0 saturated heterocycles. The molecule has 0 radical (unpaired) electrons. The van der Waals surface area contributed by atoms with Gasteiger partial charge in [-0.3, -0.25) is 4.79 Å². The lowest BCUT2D eigenvalue weighted by atomic mass is 10.2. The summed E-state index contributed by atoms with van der Waals surface area (Å²) in [6.07, 6.45) is 2.77. The Hall–Kier alpha value is -2.96. The molecule has 0 bridgehead atoms. The number of anilines is 1. The summed E-state index contributed by atoms with van der Waals surface area (Å²) in [4.78, 5) is 22.3. The molecule has 1 aromatic heterocycles. The third-order valence-corrected chi connectivity index (χ3v) is 2.30. The molecule has 0 aliphatic heterocycles. The number of aliphatic carboxylic acids is 1. The Morgan fingerprint density at radius 2 is 2.10 bits per heavy atom. The minimum atomic E-state index is -1.07. The first-order chi connectivity index (χ1) is 9.65. The van der Waals surface area contributed by atoms with E-state index >= 15 is 0 Å². The minimum Gasteiger partial charge on any atom is -0.482 e. The predicted molar refractivity (Wildman–Crippen MR) is 69.6 cm³/mol. The van der Waals surface area contributed by atoms with Gasteiger partial charge in [0, 0.05) is 11.8 Å². The molecule has 20 heavy (non-hydrogen) atoms. The summed E-state index contributed by atoms with van der Waals surface area (Å²) in [6, 6.07) is 7.99. The first-order valence-electron chi connectivity index (χ1n) is 5.68. The van der Waals surface area contributed by atoms with E-state index in [4.69, 9.17) is 9.84 Å². The first kappa shape index (κ1) is 13.5. The molecule has 0 fully saturated rings. The van der Waals surface area contributed by atoms with E-state index in [2.05, 4.69) is 15.5 Å². The molecule has 0 aliphatic rings. The number of nitrogens with one attached hydrogen (secondary N) is 1. The van der Waals surface area contributed by atoms with Gasteiger partial charge in [-0.25, -0.2) is 4.79 Å². The van der Waals surface area contributed by atoms with Gasteiger partial charge >= 0.3 is 5.97 Å². The molecule has 0 aliphatic carbocycles. The number of carbonyl (C=O) groups is 2. The van der Waals surface area contributed by atoms with Gasteiger partial charge in [-0.2, -0.15) is 10.2 Å². The largest absolute Gasteiger partial charge is 0.482 e. The van der Waals surface area contributed by atoms with Crippen LogP contribution in [0.25, 0.3) is 0 Å². The summed E-state index contributed by atoms with van der Waals surface area (Å²) in [6.45, 7) is -0.439. The number of hydrogen-bond acceptors (Lipinski definition) is 5. The Kier molecular flexibility index (Phi) is 4.23. The fraction of sp³-hybridized carbons (Fsp3) is 0.0769. The Labute approximate surface area is 114 Å². The molecule has 2 N–H and O–H groups in total. The summed E-state index contributed by atoms with van der Waals surface area (Å²) in [5.41, 5.74) is 0.867. The average Bonchev–Trinajstić information content (AvgIpc) is 2.46. The quantitative estimate of drug-likeness (QED) is 0.848. The van der Waals surface area contributed by atoms with Crippen LogP contribution in [0.15, 0.2) is 42.7 Å². The molecule has 1 aromatic carbocycles. The van der Waals surface area contributed by atoms with Crippen LogP contribution in [-0.2, 0) is 4.79 Å². The second-order valence-electron chi connectivity index (χ2n) is 3.80. The van der Waals surface area contributed by atoms with Gasteiger partial charge in [-0.1, -0.05) is 6.07 Å². The zero-order chi connectivity index (χ0) is 14.4. The normalized spacial score (nSPS) is 9.80. The predicted octanol–water partition coefficient (Wildman–Crippen LogP) is 1.19. The lowest BCUT2D eigenvalue weighted by Gasteiger charge is -2.07. The van der Waals surface area contributed by atoms with Crippen LogP contribution in [0.4, 0.5) is 5.69 Å². The van der Waals surface area contributed by atoms with Crippen molar-refractivity contribution in [2.24, 2.45) is 0 Å². The van der Waals surface area contributed by atoms with E-state index in [-0.39, 0.29) is 5.91 Å². The van der Waals surface area contributed by atoms with Crippen LogP contribution in [0.3, 0.4) is 0 Å². The highest BCUT2D eigenvalue weighted by molar-refractivity contribution is 6.04. The monoisotopic (exact) mass is 273 g/mol. The Morgan fingerprint density at radius 1 is 1.25 bits per heavy atom. The number of rotatable bonds is 5. The fourth-order valence-corrected chi connectivity index (χ4v) is 1.44. The molecular weight excluding hydrogens is 262 g/mol. The molecule has 2 aromatic rings. The van der Waals surface area contributed by atoms with Gasteiger partial charge in [0.05, 0.1) is 18.0 Å². The number of aromatic nitrogens is 2. The summed E-state index contributed by atoms with van der Waals surface area (Å²) in [5.74, 6) is -1.05.